The molecule has 39 heavy (non-hydrogen) atoms. The van der Waals surface area contributed by atoms with Crippen LogP contribution in [0.4, 0.5) is 0 Å². The number of para-hydroxylation sites is 2. The molecule has 0 saturated heterocycles. The molecule has 0 N–H and O–H groups in total. The third-order valence-corrected chi connectivity index (χ3v) is 8.31. The molecular weight excluding hydrogens is 502 g/mol. The Morgan fingerprint density at radius 2 is 1.49 bits per heavy atom. The average Bonchev–Trinajstić information content (AvgIpc) is 3.33. The normalized spacial score (nSPS) is 14.5. The van der Waals surface area contributed by atoms with Gasteiger partial charge in [0.05, 0.1) is 22.1 Å². The van der Waals surface area contributed by atoms with Crippen LogP contribution >= 0.6 is 11.3 Å². The third kappa shape index (κ3) is 3.51. The van der Waals surface area contributed by atoms with E-state index in [0.29, 0.717) is 26.5 Å². The van der Waals surface area contributed by atoms with Crippen LogP contribution in [0.1, 0.15) is 29.7 Å². The van der Waals surface area contributed by atoms with E-state index in [-0.39, 0.29) is 5.56 Å². The highest BCUT2D eigenvalue weighted by molar-refractivity contribution is 7.23. The van der Waals surface area contributed by atoms with Crippen LogP contribution in [-0.2, 0) is 6.42 Å². The van der Waals surface area contributed by atoms with Crippen molar-refractivity contribution in [2.24, 2.45) is 0 Å². The summed E-state index contributed by atoms with van der Waals surface area (Å²) in [5, 5.41) is 0.535. The number of fused-ring (bicyclic) bond motifs is 6. The van der Waals surface area contributed by atoms with Gasteiger partial charge < -0.3 is 0 Å². The number of allylic oxidation sites excluding steroid dienone is 1. The van der Waals surface area contributed by atoms with Crippen LogP contribution in [0.15, 0.2) is 89.7 Å². The first-order valence-electron chi connectivity index (χ1n) is 13.0. The van der Waals surface area contributed by atoms with E-state index in [1.165, 1.54) is 16.9 Å². The standard InChI is InChI=1S/C32H21N5OS/c38-31-26-25(20-12-5-2-6-13-20)22-15-9-14-21(18-19-10-3-1-4-11-19)27(22)35-28(26)36-32-37(31)29-30(39-32)34-24-17-8-7-16-23(24)33-29/h1-8,10-13,16-18H,9,14-15H2/b21-18-. The number of hydrogen-bond acceptors (Lipinski definition) is 6. The summed E-state index contributed by atoms with van der Waals surface area (Å²) in [6, 6.07) is 28.2. The van der Waals surface area contributed by atoms with Crippen molar-refractivity contribution in [1.82, 2.24) is 24.3 Å². The predicted molar refractivity (Wildman–Crippen MR) is 158 cm³/mol. The van der Waals surface area contributed by atoms with Crippen molar-refractivity contribution in [3.8, 4) is 11.1 Å². The van der Waals surface area contributed by atoms with Gasteiger partial charge in [-0.2, -0.15) is 4.98 Å². The minimum atomic E-state index is -0.154. The Morgan fingerprint density at radius 1 is 0.769 bits per heavy atom. The fourth-order valence-electron chi connectivity index (χ4n) is 5.66. The second kappa shape index (κ2) is 8.64. The molecule has 3 aromatic carbocycles. The Hall–Kier alpha value is -4.75. The number of nitrogens with zero attached hydrogens (tertiary/aromatic N) is 5. The zero-order valence-electron chi connectivity index (χ0n) is 20.8. The average molecular weight is 524 g/mol. The van der Waals surface area contributed by atoms with E-state index >= 15 is 0 Å². The van der Waals surface area contributed by atoms with Crippen LogP contribution in [0.5, 0.6) is 0 Å². The van der Waals surface area contributed by atoms with Crippen LogP contribution in [0.3, 0.4) is 0 Å². The van der Waals surface area contributed by atoms with Crippen LogP contribution in [-0.4, -0.2) is 24.3 Å². The maximum atomic E-state index is 14.4. The van der Waals surface area contributed by atoms with Crippen LogP contribution < -0.4 is 5.56 Å². The molecule has 0 saturated carbocycles. The van der Waals surface area contributed by atoms with Crippen LogP contribution in [0, 0.1) is 0 Å². The summed E-state index contributed by atoms with van der Waals surface area (Å²) in [5.41, 5.74) is 8.68. The molecule has 4 heterocycles. The highest BCUT2D eigenvalue weighted by atomic mass is 32.1. The Labute approximate surface area is 227 Å². The van der Waals surface area contributed by atoms with Gasteiger partial charge in [0.25, 0.3) is 5.56 Å². The van der Waals surface area contributed by atoms with Crippen molar-refractivity contribution in [3.63, 3.8) is 0 Å². The number of pyridine rings is 1. The Bertz CT molecular complexity index is 2170. The van der Waals surface area contributed by atoms with Crippen molar-refractivity contribution in [2.45, 2.75) is 19.3 Å². The van der Waals surface area contributed by atoms with Gasteiger partial charge in [0.2, 0.25) is 4.96 Å². The van der Waals surface area contributed by atoms with Crippen molar-refractivity contribution in [2.75, 3.05) is 0 Å². The SMILES string of the molecule is O=c1c2c(-c3ccccc3)c3c(nc2nc2sc4nc5ccccc5nc4n12)/C(=C\c1ccccc1)CCC3. The van der Waals surface area contributed by atoms with Gasteiger partial charge in [-0.3, -0.25) is 4.79 Å². The van der Waals surface area contributed by atoms with Crippen molar-refractivity contribution >= 4 is 60.5 Å². The molecule has 0 radical (unpaired) electrons. The number of benzene rings is 3. The molecule has 0 bridgehead atoms. The van der Waals surface area contributed by atoms with Gasteiger partial charge in [0.15, 0.2) is 16.1 Å². The Kier molecular flexibility index (Phi) is 4.93. The lowest BCUT2D eigenvalue weighted by Gasteiger charge is -2.23. The van der Waals surface area contributed by atoms with Gasteiger partial charge >= 0.3 is 0 Å². The maximum absolute atomic E-state index is 14.4. The van der Waals surface area contributed by atoms with Gasteiger partial charge in [0.1, 0.15) is 0 Å². The third-order valence-electron chi connectivity index (χ3n) is 7.39. The summed E-state index contributed by atoms with van der Waals surface area (Å²) >= 11 is 1.37. The summed E-state index contributed by atoms with van der Waals surface area (Å²) in [5.74, 6) is 0. The highest BCUT2D eigenvalue weighted by Gasteiger charge is 2.26. The van der Waals surface area contributed by atoms with Crippen molar-refractivity contribution in [1.29, 1.82) is 0 Å². The second-order valence-electron chi connectivity index (χ2n) is 9.79. The molecule has 0 aliphatic heterocycles. The van der Waals surface area contributed by atoms with Gasteiger partial charge in [-0.05, 0) is 59.7 Å². The Morgan fingerprint density at radius 3 is 2.28 bits per heavy atom. The number of rotatable bonds is 2. The number of hydrogen-bond donors (Lipinski definition) is 0. The van der Waals surface area contributed by atoms with E-state index in [1.807, 2.05) is 60.7 Å². The van der Waals surface area contributed by atoms with Crippen LogP contribution in [0.2, 0.25) is 0 Å². The summed E-state index contributed by atoms with van der Waals surface area (Å²) in [6.45, 7) is 0. The van der Waals surface area contributed by atoms with E-state index in [4.69, 9.17) is 19.9 Å². The summed E-state index contributed by atoms with van der Waals surface area (Å²) in [6.07, 6.45) is 5.00. The Balaban J connectivity index is 1.50. The van der Waals surface area contributed by atoms with Gasteiger partial charge in [-0.15, -0.1) is 0 Å². The zero-order chi connectivity index (χ0) is 25.9. The van der Waals surface area contributed by atoms with Gasteiger partial charge in [-0.1, -0.05) is 84.1 Å². The molecule has 6 nitrogen and oxygen atoms in total. The lowest BCUT2D eigenvalue weighted by Crippen LogP contribution is -2.18. The van der Waals surface area contributed by atoms with E-state index in [2.05, 4.69) is 30.3 Å². The minimum absolute atomic E-state index is 0.154. The van der Waals surface area contributed by atoms with Gasteiger partial charge in [0, 0.05) is 5.56 Å². The number of thiazole rings is 1. The topological polar surface area (TPSA) is 73.0 Å². The molecular formula is C32H21N5OS. The first kappa shape index (κ1) is 22.3. The molecule has 0 fully saturated rings. The monoisotopic (exact) mass is 523 g/mol. The fraction of sp³-hybridized carbons (Fsp3) is 0.0938. The molecule has 1 aliphatic carbocycles. The maximum Gasteiger partial charge on any atom is 0.270 e. The smallest absolute Gasteiger partial charge is 0.268 e. The second-order valence-corrected chi connectivity index (χ2v) is 10.7. The largest absolute Gasteiger partial charge is 0.270 e. The van der Waals surface area contributed by atoms with Crippen LogP contribution in [0.25, 0.3) is 60.3 Å². The molecule has 0 spiro atoms. The van der Waals surface area contributed by atoms with E-state index < -0.39 is 0 Å². The first-order chi connectivity index (χ1) is 19.2. The predicted octanol–water partition coefficient (Wildman–Crippen LogP) is 6.94. The molecule has 7 heteroatoms. The van der Waals surface area contributed by atoms with Crippen molar-refractivity contribution < 1.29 is 0 Å². The molecule has 8 rings (SSSR count). The minimum Gasteiger partial charge on any atom is -0.268 e. The van der Waals surface area contributed by atoms with E-state index in [9.17, 15) is 4.79 Å². The highest BCUT2D eigenvalue weighted by Crippen LogP contribution is 2.40. The fourth-order valence-corrected chi connectivity index (χ4v) is 6.60. The quantitative estimate of drug-likeness (QED) is 0.245. The molecule has 4 aromatic heterocycles. The zero-order valence-corrected chi connectivity index (χ0v) is 21.7. The summed E-state index contributed by atoms with van der Waals surface area (Å²) < 4.78 is 1.62. The lowest BCUT2D eigenvalue weighted by molar-refractivity contribution is 0.815. The lowest BCUT2D eigenvalue weighted by atomic mass is 9.84. The summed E-state index contributed by atoms with van der Waals surface area (Å²) in [7, 11) is 0. The molecule has 7 aromatic rings. The van der Waals surface area contributed by atoms with E-state index in [1.54, 1.807) is 4.40 Å². The molecule has 0 amide bonds. The molecule has 1 aliphatic rings. The number of aromatic nitrogens is 5. The molecule has 0 atom stereocenters. The molecule has 186 valence electrons. The van der Waals surface area contributed by atoms with Gasteiger partial charge in [-0.25, -0.2) is 19.4 Å². The van der Waals surface area contributed by atoms with E-state index in [0.717, 1.165) is 58.2 Å². The first-order valence-corrected chi connectivity index (χ1v) is 13.8. The molecule has 0 unspecified atom stereocenters. The van der Waals surface area contributed by atoms with Crippen molar-refractivity contribution in [3.05, 3.63) is 112 Å². The summed E-state index contributed by atoms with van der Waals surface area (Å²) in [4.78, 5) is 35.3.